The topological polar surface area (TPSA) is 43.1 Å². The number of halogens is 2. The maximum atomic E-state index is 13.1. The van der Waals surface area contributed by atoms with Crippen LogP contribution in [0.1, 0.15) is 21.5 Å². The molecule has 0 radical (unpaired) electrons. The first-order valence-corrected chi connectivity index (χ1v) is 5.35. The Labute approximate surface area is 103 Å². The normalized spacial score (nSPS) is 10.4. The highest BCUT2D eigenvalue weighted by molar-refractivity contribution is 6.10. The summed E-state index contributed by atoms with van der Waals surface area (Å²) in [5.41, 5.74) is 7.31. The number of hydrogen-bond donors (Lipinski definition) is 1. The van der Waals surface area contributed by atoms with Crippen LogP contribution in [0.25, 0.3) is 0 Å². The van der Waals surface area contributed by atoms with Gasteiger partial charge in [-0.05, 0) is 36.8 Å². The van der Waals surface area contributed by atoms with Crippen molar-refractivity contribution in [3.63, 3.8) is 0 Å². The zero-order chi connectivity index (χ0) is 13.3. The molecular formula is C14H11F2NO. The van der Waals surface area contributed by atoms with Gasteiger partial charge in [0.2, 0.25) is 0 Å². The lowest BCUT2D eigenvalue weighted by atomic mass is 9.98. The molecule has 0 saturated carbocycles. The third-order valence-corrected chi connectivity index (χ3v) is 2.80. The molecule has 0 aromatic heterocycles. The van der Waals surface area contributed by atoms with Gasteiger partial charge < -0.3 is 5.73 Å². The van der Waals surface area contributed by atoms with Gasteiger partial charge in [-0.15, -0.1) is 0 Å². The fourth-order valence-electron chi connectivity index (χ4n) is 1.69. The van der Waals surface area contributed by atoms with Crippen LogP contribution in [0.4, 0.5) is 14.5 Å². The lowest BCUT2D eigenvalue weighted by Crippen LogP contribution is -2.06. The van der Waals surface area contributed by atoms with Gasteiger partial charge in [-0.2, -0.15) is 0 Å². The Morgan fingerprint density at radius 2 is 1.83 bits per heavy atom. The molecule has 4 heteroatoms. The molecule has 2 rings (SSSR count). The number of anilines is 1. The van der Waals surface area contributed by atoms with Crippen LogP contribution in [0.15, 0.2) is 36.4 Å². The lowest BCUT2D eigenvalue weighted by molar-refractivity contribution is 0.103. The van der Waals surface area contributed by atoms with Gasteiger partial charge >= 0.3 is 0 Å². The molecule has 0 bridgehead atoms. The highest BCUT2D eigenvalue weighted by Crippen LogP contribution is 2.20. The number of nitrogen functional groups attached to an aromatic ring is 1. The van der Waals surface area contributed by atoms with Crippen LogP contribution in [0, 0.1) is 18.6 Å². The lowest BCUT2D eigenvalue weighted by Gasteiger charge is -2.07. The van der Waals surface area contributed by atoms with Crippen molar-refractivity contribution in [2.24, 2.45) is 0 Å². The van der Waals surface area contributed by atoms with Crippen molar-refractivity contribution in [2.45, 2.75) is 6.92 Å². The van der Waals surface area contributed by atoms with Gasteiger partial charge in [0.15, 0.2) is 17.4 Å². The highest BCUT2D eigenvalue weighted by atomic mass is 19.2. The second-order valence-corrected chi connectivity index (χ2v) is 3.98. The summed E-state index contributed by atoms with van der Waals surface area (Å²) in [7, 11) is 0. The Balaban J connectivity index is 2.48. The van der Waals surface area contributed by atoms with Gasteiger partial charge in [0.25, 0.3) is 0 Å². The van der Waals surface area contributed by atoms with Crippen molar-refractivity contribution in [2.75, 3.05) is 5.73 Å². The average Bonchev–Trinajstić information content (AvgIpc) is 2.35. The van der Waals surface area contributed by atoms with E-state index in [1.807, 2.05) is 0 Å². The molecule has 0 fully saturated rings. The zero-order valence-corrected chi connectivity index (χ0v) is 9.71. The molecule has 0 aliphatic rings. The van der Waals surface area contributed by atoms with Gasteiger partial charge in [-0.3, -0.25) is 4.79 Å². The SMILES string of the molecule is Cc1c(N)cccc1C(=O)c1ccc(F)c(F)c1. The second kappa shape index (κ2) is 4.56. The monoisotopic (exact) mass is 247 g/mol. The predicted octanol–water partition coefficient (Wildman–Crippen LogP) is 3.09. The Hall–Kier alpha value is -2.23. The van der Waals surface area contributed by atoms with Crippen LogP contribution in [0.5, 0.6) is 0 Å². The van der Waals surface area contributed by atoms with Gasteiger partial charge in [0.05, 0.1) is 0 Å². The summed E-state index contributed by atoms with van der Waals surface area (Å²) in [6.45, 7) is 1.71. The van der Waals surface area contributed by atoms with E-state index < -0.39 is 11.6 Å². The van der Waals surface area contributed by atoms with E-state index in [0.717, 1.165) is 12.1 Å². The van der Waals surface area contributed by atoms with Gasteiger partial charge in [-0.25, -0.2) is 8.78 Å². The van der Waals surface area contributed by atoms with Crippen molar-refractivity contribution in [3.8, 4) is 0 Å². The fraction of sp³-hybridized carbons (Fsp3) is 0.0714. The maximum Gasteiger partial charge on any atom is 0.193 e. The Morgan fingerprint density at radius 1 is 1.11 bits per heavy atom. The smallest absolute Gasteiger partial charge is 0.193 e. The van der Waals surface area contributed by atoms with E-state index in [0.29, 0.717) is 16.8 Å². The molecule has 0 amide bonds. The summed E-state index contributed by atoms with van der Waals surface area (Å²) in [6, 6.07) is 8.01. The van der Waals surface area contributed by atoms with Gasteiger partial charge in [-0.1, -0.05) is 12.1 Å². The first-order valence-electron chi connectivity index (χ1n) is 5.35. The first kappa shape index (κ1) is 12.2. The van der Waals surface area contributed by atoms with E-state index in [2.05, 4.69) is 0 Å². The third-order valence-electron chi connectivity index (χ3n) is 2.80. The third kappa shape index (κ3) is 2.09. The number of ketones is 1. The molecule has 0 saturated heterocycles. The molecule has 2 N–H and O–H groups in total. The summed E-state index contributed by atoms with van der Waals surface area (Å²) >= 11 is 0. The van der Waals surface area contributed by atoms with Crippen molar-refractivity contribution in [1.29, 1.82) is 0 Å². The highest BCUT2D eigenvalue weighted by Gasteiger charge is 2.14. The minimum atomic E-state index is -1.04. The van der Waals surface area contributed by atoms with Crippen LogP contribution < -0.4 is 5.73 Å². The molecule has 0 aliphatic carbocycles. The van der Waals surface area contributed by atoms with Crippen LogP contribution in [0.3, 0.4) is 0 Å². The van der Waals surface area contributed by atoms with Crippen molar-refractivity contribution >= 4 is 11.5 Å². The average molecular weight is 247 g/mol. The molecule has 0 atom stereocenters. The molecule has 18 heavy (non-hydrogen) atoms. The minimum Gasteiger partial charge on any atom is -0.398 e. The molecule has 2 nitrogen and oxygen atoms in total. The van der Waals surface area contributed by atoms with Crippen LogP contribution in [0.2, 0.25) is 0 Å². The van der Waals surface area contributed by atoms with E-state index >= 15 is 0 Å². The van der Waals surface area contributed by atoms with Crippen molar-refractivity contribution in [1.82, 2.24) is 0 Å². The number of nitrogens with two attached hydrogens (primary N) is 1. The van der Waals surface area contributed by atoms with Gasteiger partial charge in [0, 0.05) is 16.8 Å². The number of carbonyl (C=O) groups excluding carboxylic acids is 1. The largest absolute Gasteiger partial charge is 0.398 e. The summed E-state index contributed by atoms with van der Waals surface area (Å²) in [6.07, 6.45) is 0. The molecule has 0 aliphatic heterocycles. The molecule has 2 aromatic rings. The van der Waals surface area contributed by atoms with Gasteiger partial charge in [0.1, 0.15) is 0 Å². The molecule has 0 spiro atoms. The van der Waals surface area contributed by atoms with Crippen molar-refractivity contribution < 1.29 is 13.6 Å². The van der Waals surface area contributed by atoms with E-state index in [-0.39, 0.29) is 11.3 Å². The fourth-order valence-corrected chi connectivity index (χ4v) is 1.69. The Morgan fingerprint density at radius 3 is 2.50 bits per heavy atom. The van der Waals surface area contributed by atoms with Crippen LogP contribution >= 0.6 is 0 Å². The molecule has 2 aromatic carbocycles. The van der Waals surface area contributed by atoms with Crippen LogP contribution in [-0.4, -0.2) is 5.78 Å². The minimum absolute atomic E-state index is 0.0996. The molecular weight excluding hydrogens is 236 g/mol. The Bertz CT molecular complexity index is 623. The molecule has 0 unspecified atom stereocenters. The molecule has 0 heterocycles. The summed E-state index contributed by atoms with van der Waals surface area (Å²) in [4.78, 5) is 12.1. The second-order valence-electron chi connectivity index (χ2n) is 3.98. The van der Waals surface area contributed by atoms with E-state index in [4.69, 9.17) is 5.73 Å². The number of benzene rings is 2. The predicted molar refractivity (Wildman–Crippen MR) is 65.4 cm³/mol. The van der Waals surface area contributed by atoms with E-state index in [1.54, 1.807) is 25.1 Å². The summed E-state index contributed by atoms with van der Waals surface area (Å²) in [5.74, 6) is -2.39. The maximum absolute atomic E-state index is 13.1. The summed E-state index contributed by atoms with van der Waals surface area (Å²) in [5, 5.41) is 0. The zero-order valence-electron chi connectivity index (χ0n) is 9.71. The van der Waals surface area contributed by atoms with Crippen molar-refractivity contribution in [3.05, 3.63) is 64.7 Å². The summed E-state index contributed by atoms with van der Waals surface area (Å²) < 4.78 is 25.9. The van der Waals surface area contributed by atoms with E-state index in [9.17, 15) is 13.6 Å². The quantitative estimate of drug-likeness (QED) is 0.654. The number of hydrogen-bond acceptors (Lipinski definition) is 2. The first-order chi connectivity index (χ1) is 8.50. The van der Waals surface area contributed by atoms with Crippen LogP contribution in [-0.2, 0) is 0 Å². The molecule has 92 valence electrons. The standard InChI is InChI=1S/C14H11F2NO/c1-8-10(3-2-4-13(8)17)14(18)9-5-6-11(15)12(16)7-9/h2-7H,17H2,1H3. The number of carbonyl (C=O) groups is 1. The van der Waals surface area contributed by atoms with E-state index in [1.165, 1.54) is 6.07 Å². The number of rotatable bonds is 2. The Kier molecular flexibility index (Phi) is 3.10.